The average Bonchev–Trinajstić information content (AvgIpc) is 3.27. The molecule has 0 aliphatic rings. The first-order chi connectivity index (χ1) is 30.5. The molecule has 0 aromatic heterocycles. The molecule has 0 amide bonds. The van der Waals surface area contributed by atoms with E-state index in [0.29, 0.717) is 19.3 Å². The van der Waals surface area contributed by atoms with Crippen molar-refractivity contribution >= 4 is 17.9 Å². The molecule has 0 fully saturated rings. The Morgan fingerprint density at radius 3 is 1.02 bits per heavy atom. The van der Waals surface area contributed by atoms with Gasteiger partial charge in [-0.1, -0.05) is 234 Å². The second-order valence-electron chi connectivity index (χ2n) is 16.5. The first-order valence-electron chi connectivity index (χ1n) is 25.3. The maximum absolute atomic E-state index is 12.8. The monoisotopic (exact) mass is 861 g/mol. The van der Waals surface area contributed by atoms with E-state index in [1.807, 2.05) is 24.3 Å². The van der Waals surface area contributed by atoms with Gasteiger partial charge in [-0.3, -0.25) is 14.4 Å². The van der Waals surface area contributed by atoms with Crippen molar-refractivity contribution in [3.63, 3.8) is 0 Å². The molecule has 0 rings (SSSR count). The van der Waals surface area contributed by atoms with E-state index in [1.54, 1.807) is 0 Å². The maximum atomic E-state index is 12.8. The number of allylic oxidation sites excluding steroid dienone is 16. The van der Waals surface area contributed by atoms with Crippen molar-refractivity contribution in [1.82, 2.24) is 0 Å². The van der Waals surface area contributed by atoms with Gasteiger partial charge >= 0.3 is 17.9 Å². The van der Waals surface area contributed by atoms with Crippen LogP contribution in [0.1, 0.15) is 220 Å². The number of rotatable bonds is 44. The number of ether oxygens (including phenoxy) is 3. The zero-order valence-corrected chi connectivity index (χ0v) is 40.1. The fourth-order valence-corrected chi connectivity index (χ4v) is 6.70. The molecule has 0 radical (unpaired) electrons. The number of esters is 3. The summed E-state index contributed by atoms with van der Waals surface area (Å²) in [5.74, 6) is -0.946. The molecule has 0 saturated heterocycles. The van der Waals surface area contributed by atoms with E-state index in [-0.39, 0.29) is 31.1 Å². The first-order valence-corrected chi connectivity index (χ1v) is 25.3. The van der Waals surface area contributed by atoms with Crippen molar-refractivity contribution in [2.45, 2.75) is 226 Å². The molecule has 6 heteroatoms. The third-order valence-electron chi connectivity index (χ3n) is 10.5. The van der Waals surface area contributed by atoms with Crippen LogP contribution in [0.5, 0.6) is 0 Å². The van der Waals surface area contributed by atoms with Gasteiger partial charge in [-0.05, 0) is 64.2 Å². The molecule has 0 bridgehead atoms. The van der Waals surface area contributed by atoms with Crippen LogP contribution in [0.25, 0.3) is 0 Å². The van der Waals surface area contributed by atoms with Crippen molar-refractivity contribution in [3.05, 3.63) is 97.2 Å². The molecule has 0 aliphatic carbocycles. The predicted molar refractivity (Wildman–Crippen MR) is 265 cm³/mol. The van der Waals surface area contributed by atoms with Crippen LogP contribution in [0.4, 0.5) is 0 Å². The van der Waals surface area contributed by atoms with E-state index in [2.05, 4.69) is 93.7 Å². The summed E-state index contributed by atoms with van der Waals surface area (Å²) < 4.78 is 16.7. The van der Waals surface area contributed by atoms with Crippen LogP contribution in [0.3, 0.4) is 0 Å². The topological polar surface area (TPSA) is 78.9 Å². The fraction of sp³-hybridized carbons (Fsp3) is 0.661. The van der Waals surface area contributed by atoms with Gasteiger partial charge in [-0.15, -0.1) is 0 Å². The van der Waals surface area contributed by atoms with Gasteiger partial charge in [0, 0.05) is 19.3 Å². The van der Waals surface area contributed by atoms with E-state index in [9.17, 15) is 14.4 Å². The Balaban J connectivity index is 4.47. The molecule has 0 saturated carbocycles. The van der Waals surface area contributed by atoms with E-state index in [0.717, 1.165) is 109 Å². The van der Waals surface area contributed by atoms with E-state index >= 15 is 0 Å². The summed E-state index contributed by atoms with van der Waals surface area (Å²) in [5.41, 5.74) is 0. The Labute approximate surface area is 381 Å². The summed E-state index contributed by atoms with van der Waals surface area (Å²) in [5, 5.41) is 0. The summed E-state index contributed by atoms with van der Waals surface area (Å²) in [6, 6.07) is 0. The highest BCUT2D eigenvalue weighted by molar-refractivity contribution is 5.71. The molecule has 0 spiro atoms. The Morgan fingerprint density at radius 2 is 0.629 bits per heavy atom. The highest BCUT2D eigenvalue weighted by Crippen LogP contribution is 2.14. The van der Waals surface area contributed by atoms with Crippen molar-refractivity contribution in [1.29, 1.82) is 0 Å². The first kappa shape index (κ1) is 58.3. The minimum atomic E-state index is -0.798. The molecule has 0 N–H and O–H groups in total. The molecule has 1 unspecified atom stereocenters. The summed E-state index contributed by atoms with van der Waals surface area (Å²) in [7, 11) is 0. The average molecular weight is 861 g/mol. The molecule has 1 atom stereocenters. The second kappa shape index (κ2) is 50.0. The van der Waals surface area contributed by atoms with E-state index in [1.165, 1.54) is 70.6 Å². The number of carbonyl (C=O) groups excluding carboxylic acids is 3. The molecule has 352 valence electrons. The number of carbonyl (C=O) groups is 3. The Kier molecular flexibility index (Phi) is 47.0. The smallest absolute Gasteiger partial charge is 0.306 e. The van der Waals surface area contributed by atoms with Crippen LogP contribution in [-0.2, 0) is 28.6 Å². The SMILES string of the molecule is CC\C=C/C=C\C=C/C=C\CCCCCCCC(=O)OC(COC(=O)CCCCCCC\C=C/C=C\C=C/C=C\CCCCC)COC(=O)CCCCCCCCCCCCC. The largest absolute Gasteiger partial charge is 0.462 e. The quantitative estimate of drug-likeness (QED) is 0.0263. The lowest BCUT2D eigenvalue weighted by Crippen LogP contribution is -2.30. The zero-order chi connectivity index (χ0) is 45.1. The summed E-state index contributed by atoms with van der Waals surface area (Å²) in [6.45, 7) is 6.40. The van der Waals surface area contributed by atoms with Crippen LogP contribution in [0, 0.1) is 0 Å². The van der Waals surface area contributed by atoms with Crippen molar-refractivity contribution in [3.8, 4) is 0 Å². The fourth-order valence-electron chi connectivity index (χ4n) is 6.70. The van der Waals surface area contributed by atoms with Crippen LogP contribution in [-0.4, -0.2) is 37.2 Å². The van der Waals surface area contributed by atoms with Gasteiger partial charge < -0.3 is 14.2 Å². The maximum Gasteiger partial charge on any atom is 0.306 e. The number of hydrogen-bond donors (Lipinski definition) is 0. The molecule has 6 nitrogen and oxygen atoms in total. The van der Waals surface area contributed by atoms with Crippen LogP contribution < -0.4 is 0 Å². The van der Waals surface area contributed by atoms with E-state index in [4.69, 9.17) is 14.2 Å². The highest BCUT2D eigenvalue weighted by atomic mass is 16.6. The number of unbranched alkanes of at least 4 members (excludes halogenated alkanes) is 23. The van der Waals surface area contributed by atoms with Crippen molar-refractivity contribution in [2.24, 2.45) is 0 Å². The summed E-state index contributed by atoms with van der Waals surface area (Å²) in [6.07, 6.45) is 65.2. The van der Waals surface area contributed by atoms with Crippen LogP contribution in [0.15, 0.2) is 97.2 Å². The molecule has 0 aromatic rings. The van der Waals surface area contributed by atoms with Crippen molar-refractivity contribution in [2.75, 3.05) is 13.2 Å². The van der Waals surface area contributed by atoms with E-state index < -0.39 is 6.10 Å². The molecular weight excluding hydrogens is 769 g/mol. The van der Waals surface area contributed by atoms with Gasteiger partial charge in [0.25, 0.3) is 0 Å². The van der Waals surface area contributed by atoms with Crippen molar-refractivity contribution < 1.29 is 28.6 Å². The molecular formula is C56H92O6. The van der Waals surface area contributed by atoms with Crippen LogP contribution in [0.2, 0.25) is 0 Å². The Bertz CT molecular complexity index is 1260. The van der Waals surface area contributed by atoms with Gasteiger partial charge in [0.05, 0.1) is 0 Å². The normalized spacial score (nSPS) is 12.9. The lowest BCUT2D eigenvalue weighted by Gasteiger charge is -2.18. The van der Waals surface area contributed by atoms with Gasteiger partial charge in [0.2, 0.25) is 0 Å². The molecule has 62 heavy (non-hydrogen) atoms. The van der Waals surface area contributed by atoms with Gasteiger partial charge in [0.1, 0.15) is 13.2 Å². The molecule has 0 aromatic carbocycles. The van der Waals surface area contributed by atoms with Gasteiger partial charge in [-0.25, -0.2) is 0 Å². The Morgan fingerprint density at radius 1 is 0.339 bits per heavy atom. The summed E-state index contributed by atoms with van der Waals surface area (Å²) >= 11 is 0. The Hall–Kier alpha value is -3.67. The third kappa shape index (κ3) is 47.4. The molecule has 0 heterocycles. The standard InChI is InChI=1S/C56H92O6/c1-4-7-10-13-16-19-22-24-26-27-28-30-31-34-37-40-43-46-49-55(58)61-52-53(51-60-54(57)48-45-42-39-36-33-21-18-15-12-9-6-3)62-56(59)50-47-44-41-38-35-32-29-25-23-20-17-14-11-8-5-2/h8,11,14,16-17,19-20,22-30,53H,4-7,9-10,12-13,15,18,21,31-52H2,1-3H3/b11-8-,17-14-,19-16-,23-20-,24-22-,27-26-,29-25-,30-28-. The molecule has 0 aliphatic heterocycles. The minimum absolute atomic E-state index is 0.0950. The third-order valence-corrected chi connectivity index (χ3v) is 10.5. The van der Waals surface area contributed by atoms with Crippen LogP contribution >= 0.6 is 0 Å². The second-order valence-corrected chi connectivity index (χ2v) is 16.5. The minimum Gasteiger partial charge on any atom is -0.462 e. The summed E-state index contributed by atoms with van der Waals surface area (Å²) in [4.78, 5) is 37.9. The van der Waals surface area contributed by atoms with Gasteiger partial charge in [0.15, 0.2) is 6.10 Å². The highest BCUT2D eigenvalue weighted by Gasteiger charge is 2.19. The zero-order valence-electron chi connectivity index (χ0n) is 40.1. The predicted octanol–water partition coefficient (Wildman–Crippen LogP) is 16.6. The lowest BCUT2D eigenvalue weighted by molar-refractivity contribution is -0.167. The lowest BCUT2D eigenvalue weighted by atomic mass is 10.1. The number of hydrogen-bond acceptors (Lipinski definition) is 6. The van der Waals surface area contributed by atoms with Gasteiger partial charge in [-0.2, -0.15) is 0 Å².